The van der Waals surface area contributed by atoms with Crippen molar-refractivity contribution >= 4 is 24.0 Å². The molecule has 2 heterocycles. The Bertz CT molecular complexity index is 1030. The molecule has 2 aromatic carbocycles. The van der Waals surface area contributed by atoms with E-state index in [9.17, 15) is 9.59 Å². The van der Waals surface area contributed by atoms with E-state index < -0.39 is 5.54 Å². The SMILES string of the molecule is Cc1ccc(NC(=O)N2CCC(Nc3ncc(C=O)cn3)(c3ccccc3)CC2)cc1. The molecule has 7 nitrogen and oxygen atoms in total. The summed E-state index contributed by atoms with van der Waals surface area (Å²) in [4.78, 5) is 34.1. The maximum Gasteiger partial charge on any atom is 0.321 e. The molecular weight excluding hydrogens is 390 g/mol. The van der Waals surface area contributed by atoms with Gasteiger partial charge in [-0.3, -0.25) is 4.79 Å². The summed E-state index contributed by atoms with van der Waals surface area (Å²) in [5.41, 5.74) is 3.10. The Morgan fingerprint density at radius 3 is 2.26 bits per heavy atom. The number of nitrogens with zero attached hydrogens (tertiary/aromatic N) is 3. The number of benzene rings is 2. The van der Waals surface area contributed by atoms with Gasteiger partial charge in [0.2, 0.25) is 5.95 Å². The predicted molar refractivity (Wildman–Crippen MR) is 120 cm³/mol. The molecule has 1 fully saturated rings. The molecular formula is C24H25N5O2. The summed E-state index contributed by atoms with van der Waals surface area (Å²) >= 11 is 0. The van der Waals surface area contributed by atoms with Crippen LogP contribution in [0.5, 0.6) is 0 Å². The number of likely N-dealkylation sites (tertiary alicyclic amines) is 1. The van der Waals surface area contributed by atoms with Crippen LogP contribution >= 0.6 is 0 Å². The van der Waals surface area contributed by atoms with Crippen LogP contribution in [0.1, 0.15) is 34.3 Å². The monoisotopic (exact) mass is 415 g/mol. The number of piperidine rings is 1. The first-order valence-corrected chi connectivity index (χ1v) is 10.3. The number of carbonyl (C=O) groups excluding carboxylic acids is 2. The average molecular weight is 415 g/mol. The normalized spacial score (nSPS) is 15.2. The Kier molecular flexibility index (Phi) is 5.93. The Labute approximate surface area is 181 Å². The molecule has 1 aliphatic heterocycles. The van der Waals surface area contributed by atoms with Gasteiger partial charge < -0.3 is 15.5 Å². The molecule has 0 radical (unpaired) electrons. The zero-order valence-electron chi connectivity index (χ0n) is 17.4. The second-order valence-corrected chi connectivity index (χ2v) is 7.81. The Balaban J connectivity index is 1.49. The topological polar surface area (TPSA) is 87.2 Å². The van der Waals surface area contributed by atoms with E-state index in [0.29, 0.717) is 37.4 Å². The number of aromatic nitrogens is 2. The molecule has 158 valence electrons. The van der Waals surface area contributed by atoms with Gasteiger partial charge in [-0.05, 0) is 37.5 Å². The molecule has 1 saturated heterocycles. The molecule has 0 bridgehead atoms. The van der Waals surface area contributed by atoms with Crippen molar-refractivity contribution in [2.75, 3.05) is 23.7 Å². The second-order valence-electron chi connectivity index (χ2n) is 7.81. The van der Waals surface area contributed by atoms with Gasteiger partial charge in [-0.15, -0.1) is 0 Å². The van der Waals surface area contributed by atoms with Crippen LogP contribution in [0.4, 0.5) is 16.4 Å². The van der Waals surface area contributed by atoms with Gasteiger partial charge in [-0.2, -0.15) is 0 Å². The highest BCUT2D eigenvalue weighted by atomic mass is 16.2. The maximum atomic E-state index is 12.8. The minimum absolute atomic E-state index is 0.0999. The largest absolute Gasteiger partial charge is 0.345 e. The summed E-state index contributed by atoms with van der Waals surface area (Å²) in [6.45, 7) is 3.20. The number of carbonyl (C=O) groups is 2. The van der Waals surface area contributed by atoms with E-state index in [0.717, 1.165) is 23.1 Å². The van der Waals surface area contributed by atoms with E-state index in [4.69, 9.17) is 0 Å². The van der Waals surface area contributed by atoms with Gasteiger partial charge in [0.1, 0.15) is 0 Å². The van der Waals surface area contributed by atoms with Gasteiger partial charge >= 0.3 is 6.03 Å². The van der Waals surface area contributed by atoms with Gasteiger partial charge in [0.05, 0.1) is 11.1 Å². The molecule has 3 aromatic rings. The zero-order chi connectivity index (χ0) is 21.7. The first-order chi connectivity index (χ1) is 15.1. The molecule has 2 amide bonds. The highest BCUT2D eigenvalue weighted by molar-refractivity contribution is 5.89. The smallest absolute Gasteiger partial charge is 0.321 e. The molecule has 0 aliphatic carbocycles. The lowest BCUT2D eigenvalue weighted by Gasteiger charge is -2.42. The third-order valence-electron chi connectivity index (χ3n) is 5.69. The molecule has 1 aromatic heterocycles. The number of urea groups is 1. The first-order valence-electron chi connectivity index (χ1n) is 10.3. The number of hydrogen-bond donors (Lipinski definition) is 2. The van der Waals surface area contributed by atoms with E-state index in [2.05, 4.69) is 32.7 Å². The molecule has 1 aliphatic rings. The predicted octanol–water partition coefficient (Wildman–Crippen LogP) is 4.23. The van der Waals surface area contributed by atoms with E-state index >= 15 is 0 Å². The number of aryl methyl sites for hydroxylation is 1. The Morgan fingerprint density at radius 1 is 1.00 bits per heavy atom. The summed E-state index contributed by atoms with van der Waals surface area (Å²) in [5.74, 6) is 0.465. The lowest BCUT2D eigenvalue weighted by Crippen LogP contribution is -2.50. The zero-order valence-corrected chi connectivity index (χ0v) is 17.4. The lowest BCUT2D eigenvalue weighted by molar-refractivity contribution is 0.112. The van der Waals surface area contributed by atoms with Gasteiger partial charge in [0.15, 0.2) is 6.29 Å². The van der Waals surface area contributed by atoms with E-state index in [1.807, 2.05) is 54.3 Å². The molecule has 0 unspecified atom stereocenters. The minimum Gasteiger partial charge on any atom is -0.345 e. The van der Waals surface area contributed by atoms with Crippen LogP contribution in [-0.4, -0.2) is 40.3 Å². The third kappa shape index (κ3) is 4.71. The summed E-state index contributed by atoms with van der Waals surface area (Å²) in [6, 6.07) is 17.8. The fraction of sp³-hybridized carbons (Fsp3) is 0.250. The molecule has 7 heteroatoms. The Morgan fingerprint density at radius 2 is 1.65 bits per heavy atom. The molecule has 0 spiro atoms. The molecule has 31 heavy (non-hydrogen) atoms. The summed E-state index contributed by atoms with van der Waals surface area (Å²) < 4.78 is 0. The van der Waals surface area contributed by atoms with Crippen LogP contribution in [0.15, 0.2) is 67.0 Å². The Hall–Kier alpha value is -3.74. The number of hydrogen-bond acceptors (Lipinski definition) is 5. The maximum absolute atomic E-state index is 12.8. The van der Waals surface area contributed by atoms with Crippen LogP contribution in [0.3, 0.4) is 0 Å². The van der Waals surface area contributed by atoms with Gasteiger partial charge in [-0.25, -0.2) is 14.8 Å². The van der Waals surface area contributed by atoms with Crippen molar-refractivity contribution in [1.29, 1.82) is 0 Å². The first kappa shape index (κ1) is 20.5. The number of aldehydes is 1. The van der Waals surface area contributed by atoms with Crippen LogP contribution in [0.2, 0.25) is 0 Å². The quantitative estimate of drug-likeness (QED) is 0.609. The second kappa shape index (κ2) is 8.95. The average Bonchev–Trinajstić information content (AvgIpc) is 2.82. The van der Waals surface area contributed by atoms with Gasteiger partial charge in [0, 0.05) is 31.2 Å². The van der Waals surface area contributed by atoms with Crippen molar-refractivity contribution < 1.29 is 9.59 Å². The number of nitrogens with one attached hydrogen (secondary N) is 2. The van der Waals surface area contributed by atoms with Crippen molar-refractivity contribution in [1.82, 2.24) is 14.9 Å². The van der Waals surface area contributed by atoms with Gasteiger partial charge in [-0.1, -0.05) is 48.0 Å². The lowest BCUT2D eigenvalue weighted by atomic mass is 9.81. The van der Waals surface area contributed by atoms with Crippen molar-refractivity contribution in [2.45, 2.75) is 25.3 Å². The summed E-state index contributed by atoms with van der Waals surface area (Å²) in [6.07, 6.45) is 5.15. The number of anilines is 2. The number of amides is 2. The van der Waals surface area contributed by atoms with Crippen molar-refractivity contribution in [3.05, 3.63) is 83.7 Å². The van der Waals surface area contributed by atoms with Crippen LogP contribution in [0, 0.1) is 6.92 Å². The summed E-state index contributed by atoms with van der Waals surface area (Å²) in [7, 11) is 0. The third-order valence-corrected chi connectivity index (χ3v) is 5.69. The standard InChI is InChI=1S/C24H25N5O2/c1-18-7-9-21(10-8-18)27-23(31)29-13-11-24(12-14-29,20-5-3-2-4-6-20)28-22-25-15-19(17-30)16-26-22/h2-10,15-17H,11-14H2,1H3,(H,27,31)(H,25,26,28). The van der Waals surface area contributed by atoms with Crippen LogP contribution in [0.25, 0.3) is 0 Å². The van der Waals surface area contributed by atoms with E-state index in [-0.39, 0.29) is 6.03 Å². The van der Waals surface area contributed by atoms with E-state index in [1.54, 1.807) is 0 Å². The molecule has 4 rings (SSSR count). The van der Waals surface area contributed by atoms with Crippen molar-refractivity contribution in [3.8, 4) is 0 Å². The number of rotatable bonds is 5. The fourth-order valence-corrected chi connectivity index (χ4v) is 3.85. The van der Waals surface area contributed by atoms with E-state index in [1.165, 1.54) is 12.4 Å². The molecule has 0 atom stereocenters. The van der Waals surface area contributed by atoms with Crippen molar-refractivity contribution in [3.63, 3.8) is 0 Å². The summed E-state index contributed by atoms with van der Waals surface area (Å²) in [5, 5.41) is 6.46. The molecule has 2 N–H and O–H groups in total. The highest BCUT2D eigenvalue weighted by Gasteiger charge is 2.38. The van der Waals surface area contributed by atoms with Crippen molar-refractivity contribution in [2.24, 2.45) is 0 Å². The fourth-order valence-electron chi connectivity index (χ4n) is 3.85. The highest BCUT2D eigenvalue weighted by Crippen LogP contribution is 2.36. The molecule has 0 saturated carbocycles. The minimum atomic E-state index is -0.398. The van der Waals surface area contributed by atoms with Crippen LogP contribution < -0.4 is 10.6 Å². The van der Waals surface area contributed by atoms with Gasteiger partial charge in [0.25, 0.3) is 0 Å². The van der Waals surface area contributed by atoms with Crippen LogP contribution in [-0.2, 0) is 5.54 Å².